The van der Waals surface area contributed by atoms with Gasteiger partial charge in [-0.1, -0.05) is 48.5 Å². The molecule has 2 unspecified atom stereocenters. The lowest BCUT2D eigenvalue weighted by Gasteiger charge is -2.21. The van der Waals surface area contributed by atoms with Gasteiger partial charge in [0, 0.05) is 24.8 Å². The molecule has 0 saturated carbocycles. The molecule has 2 amide bonds. The fraction of sp³-hybridized carbons (Fsp3) is 0.400. The number of benzene rings is 2. The van der Waals surface area contributed by atoms with E-state index in [0.717, 1.165) is 22.3 Å². The highest BCUT2D eigenvalue weighted by atomic mass is 19.3. The number of rotatable bonds is 11. The van der Waals surface area contributed by atoms with Crippen molar-refractivity contribution < 1.29 is 33.0 Å². The molecule has 7 nitrogen and oxygen atoms in total. The van der Waals surface area contributed by atoms with E-state index in [2.05, 4.69) is 10.6 Å². The van der Waals surface area contributed by atoms with Crippen LogP contribution in [-0.2, 0) is 14.3 Å². The average molecular weight is 475 g/mol. The lowest BCUT2D eigenvalue weighted by molar-refractivity contribution is -0.137. The summed E-state index contributed by atoms with van der Waals surface area (Å²) in [6.45, 7) is 1.61. The van der Waals surface area contributed by atoms with Crippen molar-refractivity contribution in [3.63, 3.8) is 0 Å². The molecule has 2 aromatic rings. The van der Waals surface area contributed by atoms with Crippen LogP contribution in [0.5, 0.6) is 0 Å². The number of nitrogens with one attached hydrogen (secondary N) is 2. The minimum absolute atomic E-state index is 0.0396. The van der Waals surface area contributed by atoms with Gasteiger partial charge in [0.1, 0.15) is 12.6 Å². The summed E-state index contributed by atoms with van der Waals surface area (Å²) >= 11 is 0. The standard InChI is InChI=1S/C25H28F2N2O5/c1-15(10-12-22(26)27)28-24(32)21(11-13-23(30)31)29-25(33)34-14-20-18-8-4-2-6-16(18)17-7-3-5-9-19(17)20/h2-9,15,20-22H,10-14H2,1H3,(H,28,32)(H,29,33)(H,30,31). The average Bonchev–Trinajstić information content (AvgIpc) is 3.12. The summed E-state index contributed by atoms with van der Waals surface area (Å²) < 4.78 is 30.3. The van der Waals surface area contributed by atoms with Gasteiger partial charge in [0.15, 0.2) is 0 Å². The van der Waals surface area contributed by atoms with E-state index in [-0.39, 0.29) is 38.2 Å². The smallest absolute Gasteiger partial charge is 0.407 e. The van der Waals surface area contributed by atoms with Gasteiger partial charge >= 0.3 is 12.1 Å². The third-order valence-electron chi connectivity index (χ3n) is 5.81. The second kappa shape index (κ2) is 11.6. The zero-order valence-electron chi connectivity index (χ0n) is 18.8. The maximum atomic E-state index is 12.6. The number of hydrogen-bond acceptors (Lipinski definition) is 4. The molecule has 3 rings (SSSR count). The lowest BCUT2D eigenvalue weighted by atomic mass is 9.98. The minimum atomic E-state index is -2.49. The number of fused-ring (bicyclic) bond motifs is 3. The van der Waals surface area contributed by atoms with Crippen LogP contribution in [-0.4, -0.2) is 48.2 Å². The summed E-state index contributed by atoms with van der Waals surface area (Å²) in [5, 5.41) is 14.0. The van der Waals surface area contributed by atoms with Gasteiger partial charge in [-0.3, -0.25) is 9.59 Å². The lowest BCUT2D eigenvalue weighted by Crippen LogP contribution is -2.49. The van der Waals surface area contributed by atoms with Crippen molar-refractivity contribution in [2.75, 3.05) is 6.61 Å². The van der Waals surface area contributed by atoms with Crippen LogP contribution in [0, 0.1) is 0 Å². The molecular weight excluding hydrogens is 446 g/mol. The maximum Gasteiger partial charge on any atom is 0.407 e. The van der Waals surface area contributed by atoms with Crippen LogP contribution in [0.15, 0.2) is 48.5 Å². The molecule has 1 aliphatic carbocycles. The first kappa shape index (κ1) is 25.1. The normalized spacial score (nSPS) is 14.1. The Labute approximate surface area is 196 Å². The molecule has 1 aliphatic rings. The number of carbonyl (C=O) groups excluding carboxylic acids is 2. The van der Waals surface area contributed by atoms with E-state index in [1.165, 1.54) is 0 Å². The van der Waals surface area contributed by atoms with Crippen molar-refractivity contribution in [3.05, 3.63) is 59.7 Å². The molecule has 0 heterocycles. The van der Waals surface area contributed by atoms with Crippen molar-refractivity contribution in [3.8, 4) is 11.1 Å². The first-order valence-corrected chi connectivity index (χ1v) is 11.2. The Hall–Kier alpha value is -3.49. The van der Waals surface area contributed by atoms with E-state index in [1.54, 1.807) is 6.92 Å². The summed E-state index contributed by atoms with van der Waals surface area (Å²) in [6, 6.07) is 14.0. The second-order valence-electron chi connectivity index (χ2n) is 8.33. The predicted octanol–water partition coefficient (Wildman–Crippen LogP) is 4.31. The number of alkyl carbamates (subject to hydrolysis) is 1. The van der Waals surface area contributed by atoms with Gasteiger partial charge in [-0.25, -0.2) is 13.6 Å². The first-order valence-electron chi connectivity index (χ1n) is 11.2. The number of aliphatic carboxylic acids is 1. The molecule has 0 saturated heterocycles. The van der Waals surface area contributed by atoms with E-state index in [4.69, 9.17) is 9.84 Å². The first-order chi connectivity index (χ1) is 16.3. The maximum absolute atomic E-state index is 12.6. The van der Waals surface area contributed by atoms with Crippen LogP contribution in [0.25, 0.3) is 11.1 Å². The molecule has 182 valence electrons. The van der Waals surface area contributed by atoms with Crippen LogP contribution in [0.1, 0.15) is 49.7 Å². The Kier molecular flexibility index (Phi) is 8.56. The highest BCUT2D eigenvalue weighted by Crippen LogP contribution is 2.44. The molecule has 2 aromatic carbocycles. The summed E-state index contributed by atoms with van der Waals surface area (Å²) in [7, 11) is 0. The summed E-state index contributed by atoms with van der Waals surface area (Å²) in [5.74, 6) is -1.94. The number of alkyl halides is 2. The molecule has 0 radical (unpaired) electrons. The molecule has 0 bridgehead atoms. The Morgan fingerprint density at radius 2 is 1.53 bits per heavy atom. The van der Waals surface area contributed by atoms with Crippen LogP contribution >= 0.6 is 0 Å². The Morgan fingerprint density at radius 3 is 2.09 bits per heavy atom. The fourth-order valence-electron chi connectivity index (χ4n) is 4.11. The van der Waals surface area contributed by atoms with E-state index < -0.39 is 36.5 Å². The van der Waals surface area contributed by atoms with Crippen LogP contribution in [0.3, 0.4) is 0 Å². The van der Waals surface area contributed by atoms with Crippen LogP contribution in [0.4, 0.5) is 13.6 Å². The Bertz CT molecular complexity index is 984. The molecule has 34 heavy (non-hydrogen) atoms. The van der Waals surface area contributed by atoms with Crippen molar-refractivity contribution in [2.45, 2.75) is 57.0 Å². The monoisotopic (exact) mass is 474 g/mol. The second-order valence-corrected chi connectivity index (χ2v) is 8.33. The fourth-order valence-corrected chi connectivity index (χ4v) is 4.11. The largest absolute Gasteiger partial charge is 0.481 e. The Balaban J connectivity index is 1.62. The van der Waals surface area contributed by atoms with Gasteiger partial charge in [-0.2, -0.15) is 0 Å². The number of hydrogen-bond donors (Lipinski definition) is 3. The number of halogens is 2. The van der Waals surface area contributed by atoms with Crippen molar-refractivity contribution in [1.82, 2.24) is 10.6 Å². The van der Waals surface area contributed by atoms with Gasteiger partial charge in [0.2, 0.25) is 12.3 Å². The van der Waals surface area contributed by atoms with Gasteiger partial charge in [-0.15, -0.1) is 0 Å². The van der Waals surface area contributed by atoms with Gasteiger partial charge in [-0.05, 0) is 42.0 Å². The summed E-state index contributed by atoms with van der Waals surface area (Å²) in [4.78, 5) is 36.1. The van der Waals surface area contributed by atoms with Crippen molar-refractivity contribution in [2.24, 2.45) is 0 Å². The topological polar surface area (TPSA) is 105 Å². The van der Waals surface area contributed by atoms with E-state index in [0.29, 0.717) is 0 Å². The molecule has 9 heteroatoms. The van der Waals surface area contributed by atoms with Gasteiger partial charge in [0.05, 0.1) is 0 Å². The molecule has 0 aliphatic heterocycles. The van der Waals surface area contributed by atoms with E-state index in [9.17, 15) is 23.2 Å². The third-order valence-corrected chi connectivity index (χ3v) is 5.81. The molecule has 0 spiro atoms. The molecule has 0 aromatic heterocycles. The minimum Gasteiger partial charge on any atom is -0.481 e. The number of carbonyl (C=O) groups is 3. The molecule has 2 atom stereocenters. The van der Waals surface area contributed by atoms with Crippen LogP contribution in [0.2, 0.25) is 0 Å². The number of amides is 2. The number of carboxylic acids is 1. The SMILES string of the molecule is CC(CCC(F)F)NC(=O)C(CCC(=O)O)NC(=O)OCC1c2ccccc2-c2ccccc21. The molecular formula is C25H28F2N2O5. The van der Waals surface area contributed by atoms with E-state index >= 15 is 0 Å². The number of ether oxygens (including phenoxy) is 1. The third kappa shape index (κ3) is 6.52. The van der Waals surface area contributed by atoms with Crippen molar-refractivity contribution in [1.29, 1.82) is 0 Å². The van der Waals surface area contributed by atoms with Gasteiger partial charge in [0.25, 0.3) is 0 Å². The number of carboxylic acid groups (broad SMARTS) is 1. The summed E-state index contributed by atoms with van der Waals surface area (Å²) in [5.41, 5.74) is 4.21. The van der Waals surface area contributed by atoms with Crippen molar-refractivity contribution >= 4 is 18.0 Å². The Morgan fingerprint density at radius 1 is 0.941 bits per heavy atom. The highest BCUT2D eigenvalue weighted by molar-refractivity contribution is 5.86. The van der Waals surface area contributed by atoms with E-state index in [1.807, 2.05) is 48.5 Å². The van der Waals surface area contributed by atoms with Gasteiger partial charge < -0.3 is 20.5 Å². The summed E-state index contributed by atoms with van der Waals surface area (Å²) in [6.07, 6.45) is -4.17. The zero-order valence-corrected chi connectivity index (χ0v) is 18.8. The highest BCUT2D eigenvalue weighted by Gasteiger charge is 2.30. The molecule has 3 N–H and O–H groups in total. The van der Waals surface area contributed by atoms with Crippen LogP contribution < -0.4 is 10.6 Å². The quantitative estimate of drug-likeness (QED) is 0.450. The zero-order chi connectivity index (χ0) is 24.7. The molecule has 0 fully saturated rings. The predicted molar refractivity (Wildman–Crippen MR) is 122 cm³/mol.